The zero-order valence-electron chi connectivity index (χ0n) is 19.6. The van der Waals surface area contributed by atoms with E-state index in [0.29, 0.717) is 44.0 Å². The third-order valence-electron chi connectivity index (χ3n) is 5.86. The number of carbonyl (C=O) groups is 2. The molecule has 2 amide bonds. The van der Waals surface area contributed by atoms with Gasteiger partial charge in [0.15, 0.2) is 0 Å². The Balaban J connectivity index is 1.30. The monoisotopic (exact) mass is 478 g/mol. The summed E-state index contributed by atoms with van der Waals surface area (Å²) in [5.74, 6) is 1.41. The molecule has 0 saturated carbocycles. The first-order chi connectivity index (χ1) is 16.5. The van der Waals surface area contributed by atoms with Crippen LogP contribution in [0.2, 0.25) is 0 Å². The average molecular weight is 479 g/mol. The number of aromatic nitrogens is 1. The minimum Gasteiger partial charge on any atom is -0.360 e. The number of rotatable bonds is 8. The molecule has 0 unspecified atom stereocenters. The lowest BCUT2D eigenvalue weighted by atomic mass is 10.1. The fourth-order valence-corrected chi connectivity index (χ4v) is 4.94. The smallest absolute Gasteiger partial charge is 0.255 e. The van der Waals surface area contributed by atoms with Crippen molar-refractivity contribution in [3.8, 4) is 0 Å². The Hall–Kier alpha value is -3.10. The maximum absolute atomic E-state index is 13.3. The van der Waals surface area contributed by atoms with Crippen LogP contribution >= 0.6 is 11.8 Å². The van der Waals surface area contributed by atoms with Crippen LogP contribution in [0.3, 0.4) is 0 Å². The number of anilines is 1. The molecule has 1 fully saturated rings. The Labute approximate surface area is 204 Å². The molecule has 7 nitrogen and oxygen atoms in total. The molecular weight excluding hydrogens is 448 g/mol. The minimum absolute atomic E-state index is 0.0231. The highest BCUT2D eigenvalue weighted by atomic mass is 32.2. The zero-order valence-corrected chi connectivity index (χ0v) is 20.4. The summed E-state index contributed by atoms with van der Waals surface area (Å²) >= 11 is 1.57. The highest BCUT2D eigenvalue weighted by molar-refractivity contribution is 7.98. The van der Waals surface area contributed by atoms with Crippen molar-refractivity contribution < 1.29 is 14.1 Å². The number of benzene rings is 2. The van der Waals surface area contributed by atoms with E-state index in [-0.39, 0.29) is 11.8 Å². The van der Waals surface area contributed by atoms with E-state index in [1.54, 1.807) is 11.8 Å². The van der Waals surface area contributed by atoms with Gasteiger partial charge in [0.1, 0.15) is 5.76 Å². The molecule has 1 N–H and O–H groups in total. The van der Waals surface area contributed by atoms with Crippen LogP contribution in [0, 0.1) is 6.92 Å². The fraction of sp³-hybridized carbons (Fsp3) is 0.346. The van der Waals surface area contributed by atoms with Crippen LogP contribution in [0.4, 0.5) is 5.69 Å². The van der Waals surface area contributed by atoms with Gasteiger partial charge in [-0.1, -0.05) is 42.4 Å². The fourth-order valence-electron chi connectivity index (χ4n) is 4.03. The summed E-state index contributed by atoms with van der Waals surface area (Å²) in [6.07, 6.45) is 0.870. The number of aryl methyl sites for hydroxylation is 2. The molecule has 8 heteroatoms. The number of hydrogen-bond donors (Lipinski definition) is 1. The highest BCUT2D eigenvalue weighted by Crippen LogP contribution is 2.28. The van der Waals surface area contributed by atoms with Crippen LogP contribution in [0.15, 0.2) is 64.0 Å². The lowest BCUT2D eigenvalue weighted by Gasteiger charge is -2.34. The third-order valence-corrected chi connectivity index (χ3v) is 6.96. The summed E-state index contributed by atoms with van der Waals surface area (Å²) in [6, 6.07) is 17.5. The van der Waals surface area contributed by atoms with Crippen molar-refractivity contribution in [3.63, 3.8) is 0 Å². The van der Waals surface area contributed by atoms with Crippen LogP contribution in [-0.4, -0.2) is 59.5 Å². The van der Waals surface area contributed by atoms with Gasteiger partial charge in [-0.2, -0.15) is 0 Å². The van der Waals surface area contributed by atoms with Crippen molar-refractivity contribution in [2.45, 2.75) is 30.9 Å². The molecule has 1 aliphatic heterocycles. The summed E-state index contributed by atoms with van der Waals surface area (Å²) in [5, 5.41) is 6.95. The van der Waals surface area contributed by atoms with E-state index < -0.39 is 0 Å². The van der Waals surface area contributed by atoms with E-state index in [0.717, 1.165) is 34.0 Å². The zero-order chi connectivity index (χ0) is 23.9. The molecule has 0 spiro atoms. The summed E-state index contributed by atoms with van der Waals surface area (Å²) in [5.41, 5.74) is 3.55. The predicted octanol–water partition coefficient (Wildman–Crippen LogP) is 4.23. The number of para-hydroxylation sites is 1. The van der Waals surface area contributed by atoms with Crippen molar-refractivity contribution in [1.29, 1.82) is 0 Å². The van der Waals surface area contributed by atoms with Gasteiger partial charge >= 0.3 is 0 Å². The van der Waals surface area contributed by atoms with E-state index >= 15 is 0 Å². The number of carbonyl (C=O) groups excluding carboxylic acids is 2. The normalized spacial score (nSPS) is 14.2. The molecule has 2 heterocycles. The molecule has 1 saturated heterocycles. The molecule has 4 rings (SSSR count). The van der Waals surface area contributed by atoms with E-state index in [4.69, 9.17) is 4.52 Å². The first-order valence-corrected chi connectivity index (χ1v) is 12.6. The molecule has 2 aromatic carbocycles. The quantitative estimate of drug-likeness (QED) is 0.488. The standard InChI is InChI=1S/C26H30N4O3S/c1-3-20-8-4-6-10-23(20)27-25(31)17-29-12-14-30(15-13-29)26(32)22-9-5-7-11-24(22)34-18-21-16-19(2)28-33-21/h4-11,16H,3,12-15,17-18H2,1-2H3,(H,27,31). The van der Waals surface area contributed by atoms with Crippen LogP contribution in [0.25, 0.3) is 0 Å². The van der Waals surface area contributed by atoms with Crippen molar-refractivity contribution in [2.75, 3.05) is 38.0 Å². The number of amides is 2. The van der Waals surface area contributed by atoms with E-state index in [1.807, 2.05) is 66.4 Å². The maximum Gasteiger partial charge on any atom is 0.255 e. The van der Waals surface area contributed by atoms with Gasteiger partial charge in [0, 0.05) is 42.8 Å². The Morgan fingerprint density at radius 3 is 2.53 bits per heavy atom. The molecule has 178 valence electrons. The molecule has 3 aromatic rings. The number of piperazine rings is 1. The summed E-state index contributed by atoms with van der Waals surface area (Å²) in [4.78, 5) is 30.7. The molecule has 34 heavy (non-hydrogen) atoms. The summed E-state index contributed by atoms with van der Waals surface area (Å²) < 4.78 is 5.29. The van der Waals surface area contributed by atoms with Gasteiger partial charge in [-0.3, -0.25) is 14.5 Å². The predicted molar refractivity (Wildman–Crippen MR) is 134 cm³/mol. The second-order valence-electron chi connectivity index (χ2n) is 8.35. The van der Waals surface area contributed by atoms with Gasteiger partial charge in [-0.15, -0.1) is 11.8 Å². The molecule has 0 radical (unpaired) electrons. The van der Waals surface area contributed by atoms with Crippen molar-refractivity contribution in [1.82, 2.24) is 15.0 Å². The van der Waals surface area contributed by atoms with Gasteiger partial charge in [0.05, 0.1) is 23.6 Å². The van der Waals surface area contributed by atoms with Gasteiger partial charge in [-0.25, -0.2) is 0 Å². The highest BCUT2D eigenvalue weighted by Gasteiger charge is 2.25. The second kappa shape index (κ2) is 11.4. The Kier molecular flexibility index (Phi) is 8.03. The second-order valence-corrected chi connectivity index (χ2v) is 9.36. The maximum atomic E-state index is 13.3. The molecule has 1 aromatic heterocycles. The molecule has 0 aliphatic carbocycles. The topological polar surface area (TPSA) is 78.7 Å². The van der Waals surface area contributed by atoms with Crippen molar-refractivity contribution in [2.24, 2.45) is 0 Å². The average Bonchev–Trinajstić information content (AvgIpc) is 3.28. The minimum atomic E-state index is -0.0231. The summed E-state index contributed by atoms with van der Waals surface area (Å²) in [7, 11) is 0. The lowest BCUT2D eigenvalue weighted by Crippen LogP contribution is -2.50. The van der Waals surface area contributed by atoms with Gasteiger partial charge in [0.2, 0.25) is 5.91 Å². The molecule has 1 aliphatic rings. The Bertz CT molecular complexity index is 1140. The van der Waals surface area contributed by atoms with Crippen LogP contribution in [-0.2, 0) is 17.0 Å². The van der Waals surface area contributed by atoms with Crippen LogP contribution in [0.5, 0.6) is 0 Å². The number of nitrogens with zero attached hydrogens (tertiary/aromatic N) is 3. The Morgan fingerprint density at radius 1 is 1.06 bits per heavy atom. The number of nitrogens with one attached hydrogen (secondary N) is 1. The first kappa shape index (κ1) is 24.0. The molecule has 0 atom stereocenters. The van der Waals surface area contributed by atoms with E-state index in [2.05, 4.69) is 22.3 Å². The van der Waals surface area contributed by atoms with E-state index in [9.17, 15) is 9.59 Å². The third kappa shape index (κ3) is 6.07. The Morgan fingerprint density at radius 2 is 1.79 bits per heavy atom. The SMILES string of the molecule is CCc1ccccc1NC(=O)CN1CCN(C(=O)c2ccccc2SCc2cc(C)no2)CC1. The van der Waals surface area contributed by atoms with Crippen LogP contribution < -0.4 is 5.32 Å². The lowest BCUT2D eigenvalue weighted by molar-refractivity contribution is -0.117. The first-order valence-electron chi connectivity index (χ1n) is 11.6. The van der Waals surface area contributed by atoms with Crippen molar-refractivity contribution in [3.05, 3.63) is 77.2 Å². The van der Waals surface area contributed by atoms with Crippen LogP contribution in [0.1, 0.15) is 34.3 Å². The number of hydrogen-bond acceptors (Lipinski definition) is 6. The molecular formula is C26H30N4O3S. The number of thioether (sulfide) groups is 1. The van der Waals surface area contributed by atoms with Crippen molar-refractivity contribution >= 4 is 29.3 Å². The van der Waals surface area contributed by atoms with Gasteiger partial charge in [0.25, 0.3) is 5.91 Å². The summed E-state index contributed by atoms with van der Waals surface area (Å²) in [6.45, 7) is 6.82. The molecule has 0 bridgehead atoms. The largest absolute Gasteiger partial charge is 0.360 e. The van der Waals surface area contributed by atoms with Gasteiger partial charge in [-0.05, 0) is 37.1 Å². The van der Waals surface area contributed by atoms with Gasteiger partial charge < -0.3 is 14.7 Å². The van der Waals surface area contributed by atoms with E-state index in [1.165, 1.54) is 0 Å².